The third-order valence-corrected chi connectivity index (χ3v) is 7.54. The quantitative estimate of drug-likeness (QED) is 0.154. The second-order valence-corrected chi connectivity index (χ2v) is 11.4. The third kappa shape index (κ3) is 17.6. The summed E-state index contributed by atoms with van der Waals surface area (Å²) in [7, 11) is 0. The standard InChI is InChI=1S/C14H31O2PS2.Zn/c1-3-5-7-9-11-13-16-17(15,18)19-14-12-10-8-6-4-2;/h3-14H2,1-2H3,(H,15,18);. The van der Waals surface area contributed by atoms with Crippen molar-refractivity contribution in [3.05, 3.63) is 0 Å². The van der Waals surface area contributed by atoms with E-state index >= 15 is 0 Å². The van der Waals surface area contributed by atoms with Gasteiger partial charge >= 0.3 is 5.77 Å². The van der Waals surface area contributed by atoms with E-state index in [1.807, 2.05) is 0 Å². The maximum atomic E-state index is 12.0. The molecule has 118 valence electrons. The van der Waals surface area contributed by atoms with Crippen LogP contribution in [0.5, 0.6) is 0 Å². The Morgan fingerprint density at radius 1 is 0.900 bits per heavy atom. The summed E-state index contributed by atoms with van der Waals surface area (Å²) >= 11 is 5.57. The van der Waals surface area contributed by atoms with Crippen LogP contribution in [0.15, 0.2) is 0 Å². The van der Waals surface area contributed by atoms with E-state index in [0.29, 0.717) is 6.61 Å². The van der Waals surface area contributed by atoms with E-state index in [1.165, 1.54) is 62.7 Å². The average Bonchev–Trinajstić information content (AvgIpc) is 2.38. The molecule has 1 unspecified atom stereocenters. The largest absolute Gasteiger partial charge is 0.314 e. The summed E-state index contributed by atoms with van der Waals surface area (Å²) in [6.45, 7) is 5.01. The topological polar surface area (TPSA) is 26.3 Å². The van der Waals surface area contributed by atoms with Crippen molar-refractivity contribution in [3.8, 4) is 0 Å². The Kier molecular flexibility index (Phi) is 20.1. The molecule has 0 rings (SSSR count). The van der Waals surface area contributed by atoms with E-state index in [-0.39, 0.29) is 19.5 Å². The molecule has 0 aromatic rings. The average molecular weight is 392 g/mol. The Bertz CT molecular complexity index is 223. The predicted molar refractivity (Wildman–Crippen MR) is 92.5 cm³/mol. The smallest absolute Gasteiger partial charge is 0.310 e. The van der Waals surface area contributed by atoms with Crippen LogP contribution in [-0.2, 0) is 28.6 Å². The van der Waals surface area contributed by atoms with E-state index in [9.17, 15) is 4.57 Å². The van der Waals surface area contributed by atoms with Crippen molar-refractivity contribution in [1.82, 2.24) is 0 Å². The molecule has 0 bridgehead atoms. The molecule has 0 spiro atoms. The molecule has 0 aromatic carbocycles. The number of hydrogen-bond donors (Lipinski definition) is 1. The van der Waals surface area contributed by atoms with Gasteiger partial charge in [-0.05, 0) is 12.8 Å². The second kappa shape index (κ2) is 16.9. The van der Waals surface area contributed by atoms with Gasteiger partial charge in [0.15, 0.2) is 0 Å². The summed E-state index contributed by atoms with van der Waals surface area (Å²) in [5.41, 5.74) is 0. The van der Waals surface area contributed by atoms with Gasteiger partial charge in [-0.2, -0.15) is 0 Å². The summed E-state index contributed by atoms with van der Waals surface area (Å²) in [5, 5.41) is 0. The second-order valence-electron chi connectivity index (χ2n) is 4.96. The minimum Gasteiger partial charge on any atom is -0.314 e. The van der Waals surface area contributed by atoms with E-state index in [1.54, 1.807) is 0 Å². The van der Waals surface area contributed by atoms with Crippen LogP contribution < -0.4 is 0 Å². The first-order valence-electron chi connectivity index (χ1n) is 7.74. The van der Waals surface area contributed by atoms with Crippen LogP contribution in [0.2, 0.25) is 0 Å². The molecular formula is C14H31O2PS2Zn. The molecule has 0 saturated heterocycles. The van der Waals surface area contributed by atoms with Crippen LogP contribution in [-0.4, -0.2) is 12.4 Å². The molecule has 6 heteroatoms. The Morgan fingerprint density at radius 3 is 1.95 bits per heavy atom. The van der Waals surface area contributed by atoms with Crippen molar-refractivity contribution < 1.29 is 28.6 Å². The first-order valence-corrected chi connectivity index (χ1v) is 12.1. The molecule has 0 amide bonds. The van der Waals surface area contributed by atoms with E-state index in [0.717, 1.165) is 18.6 Å². The molecule has 0 aliphatic carbocycles. The molecule has 0 aliphatic rings. The molecule has 0 aliphatic heterocycles. The van der Waals surface area contributed by atoms with Crippen molar-refractivity contribution in [3.63, 3.8) is 0 Å². The monoisotopic (exact) mass is 390 g/mol. The summed E-state index contributed by atoms with van der Waals surface area (Å²) < 4.78 is 17.4. The van der Waals surface area contributed by atoms with Gasteiger partial charge in [-0.3, -0.25) is 4.57 Å². The normalized spacial score (nSPS) is 13.8. The summed E-state index contributed by atoms with van der Waals surface area (Å²) in [6, 6.07) is 0. The minimum absolute atomic E-state index is 0. The SMILES string of the molecule is CCCCCCCOP(=O)(S)SCCCCCCC.[Zn]. The molecule has 1 atom stereocenters. The van der Waals surface area contributed by atoms with Gasteiger partial charge in [0.25, 0.3) is 0 Å². The molecule has 0 fully saturated rings. The van der Waals surface area contributed by atoms with Crippen molar-refractivity contribution in [2.24, 2.45) is 0 Å². The van der Waals surface area contributed by atoms with Gasteiger partial charge in [-0.15, -0.1) is 0 Å². The first kappa shape index (κ1) is 23.8. The number of hydrogen-bond acceptors (Lipinski definition) is 3. The zero-order valence-electron chi connectivity index (χ0n) is 13.3. The van der Waals surface area contributed by atoms with Crippen LogP contribution in [0.25, 0.3) is 0 Å². The van der Waals surface area contributed by atoms with Crippen molar-refractivity contribution in [1.29, 1.82) is 0 Å². The summed E-state index contributed by atoms with van der Waals surface area (Å²) in [6.07, 6.45) is 12.2. The zero-order valence-corrected chi connectivity index (χ0v) is 18.9. The maximum absolute atomic E-state index is 12.0. The molecule has 0 radical (unpaired) electrons. The number of thiol groups is 1. The fourth-order valence-corrected chi connectivity index (χ4v) is 5.31. The van der Waals surface area contributed by atoms with Crippen molar-refractivity contribution in [2.45, 2.75) is 78.1 Å². The molecule has 20 heavy (non-hydrogen) atoms. The Balaban J connectivity index is 0. The van der Waals surface area contributed by atoms with Gasteiger partial charge < -0.3 is 4.52 Å². The third-order valence-electron chi connectivity index (χ3n) is 3.00. The number of unbranched alkanes of at least 4 members (excludes halogenated alkanes) is 8. The minimum atomic E-state index is -2.69. The Morgan fingerprint density at radius 2 is 1.40 bits per heavy atom. The van der Waals surface area contributed by atoms with Crippen LogP contribution >= 0.6 is 29.4 Å². The van der Waals surface area contributed by atoms with Crippen LogP contribution in [0.3, 0.4) is 0 Å². The van der Waals surface area contributed by atoms with Gasteiger partial charge in [-0.25, -0.2) is 0 Å². The fraction of sp³-hybridized carbons (Fsp3) is 1.00. The van der Waals surface area contributed by atoms with Crippen LogP contribution in [0.4, 0.5) is 0 Å². The van der Waals surface area contributed by atoms with Crippen molar-refractivity contribution >= 4 is 29.4 Å². The predicted octanol–water partition coefficient (Wildman–Crippen LogP) is 6.71. The first-order chi connectivity index (χ1) is 9.12. The molecule has 0 saturated carbocycles. The van der Waals surface area contributed by atoms with E-state index < -0.39 is 5.77 Å². The maximum Gasteiger partial charge on any atom is 0.310 e. The molecule has 0 aromatic heterocycles. The number of rotatable bonds is 14. The van der Waals surface area contributed by atoms with Gasteiger partial charge in [0.1, 0.15) is 0 Å². The van der Waals surface area contributed by atoms with Gasteiger partial charge in [0.05, 0.1) is 6.61 Å². The van der Waals surface area contributed by atoms with Gasteiger partial charge in [-0.1, -0.05) is 88.8 Å². The van der Waals surface area contributed by atoms with E-state index in [4.69, 9.17) is 4.52 Å². The van der Waals surface area contributed by atoms with Crippen LogP contribution in [0, 0.1) is 0 Å². The zero-order chi connectivity index (χ0) is 14.4. The van der Waals surface area contributed by atoms with E-state index in [2.05, 4.69) is 26.1 Å². The Hall–Kier alpha value is 1.51. The van der Waals surface area contributed by atoms with Crippen molar-refractivity contribution in [2.75, 3.05) is 12.4 Å². The van der Waals surface area contributed by atoms with Gasteiger partial charge in [0.2, 0.25) is 0 Å². The molecule has 2 nitrogen and oxygen atoms in total. The summed E-state index contributed by atoms with van der Waals surface area (Å²) in [5.74, 6) is -1.79. The van der Waals surface area contributed by atoms with Crippen LogP contribution in [0.1, 0.15) is 78.1 Å². The Labute approximate surface area is 148 Å². The molecule has 0 heterocycles. The molecular weight excluding hydrogens is 361 g/mol. The fourth-order valence-electron chi connectivity index (χ4n) is 1.81. The van der Waals surface area contributed by atoms with Gasteiger partial charge in [0, 0.05) is 25.2 Å². The summed E-state index contributed by atoms with van der Waals surface area (Å²) in [4.78, 5) is 0. The molecule has 0 N–H and O–H groups in total.